The van der Waals surface area contributed by atoms with Gasteiger partial charge in [-0.15, -0.1) is 0 Å². The first-order valence-corrected chi connectivity index (χ1v) is 5.72. The van der Waals surface area contributed by atoms with Crippen molar-refractivity contribution < 1.29 is 10.0 Å². The highest BCUT2D eigenvalue weighted by molar-refractivity contribution is 5.52. The predicted molar refractivity (Wildman–Crippen MR) is 73.0 cm³/mol. The zero-order valence-corrected chi connectivity index (χ0v) is 11.3. The molecule has 0 fully saturated rings. The molecular weight excluding hydrogens is 250 g/mol. The number of nitrogens with one attached hydrogen (secondary N) is 1. The zero-order valence-electron chi connectivity index (χ0n) is 11.3. The molecule has 0 aromatic carbocycles. The summed E-state index contributed by atoms with van der Waals surface area (Å²) in [5, 5.41) is 23.6. The third kappa shape index (κ3) is 5.06. The maximum absolute atomic E-state index is 10.7. The summed E-state index contributed by atoms with van der Waals surface area (Å²) in [5.41, 5.74) is 4.37. The average Bonchev–Trinajstić information content (AvgIpc) is 2.24. The molecule has 0 aliphatic heterocycles. The number of nitrogens with two attached hydrogens (primary N) is 1. The van der Waals surface area contributed by atoms with Crippen molar-refractivity contribution in [1.82, 2.24) is 9.88 Å². The van der Waals surface area contributed by atoms with Gasteiger partial charge < -0.3 is 21.1 Å². The van der Waals surface area contributed by atoms with Crippen LogP contribution in [0.3, 0.4) is 0 Å². The van der Waals surface area contributed by atoms with E-state index in [-0.39, 0.29) is 23.9 Å². The van der Waals surface area contributed by atoms with Gasteiger partial charge in [-0.3, -0.25) is 10.1 Å². The van der Waals surface area contributed by atoms with Crippen LogP contribution in [0.2, 0.25) is 0 Å². The van der Waals surface area contributed by atoms with Gasteiger partial charge in [-0.2, -0.15) is 0 Å². The van der Waals surface area contributed by atoms with E-state index in [9.17, 15) is 15.2 Å². The predicted octanol–water partition coefficient (Wildman–Crippen LogP) is 0.296. The van der Waals surface area contributed by atoms with Crippen molar-refractivity contribution >= 4 is 17.3 Å². The molecule has 4 N–H and O–H groups in total. The van der Waals surface area contributed by atoms with E-state index in [1.165, 1.54) is 12.1 Å². The monoisotopic (exact) mass is 269 g/mol. The van der Waals surface area contributed by atoms with E-state index < -0.39 is 10.5 Å². The van der Waals surface area contributed by atoms with Crippen LogP contribution in [-0.2, 0) is 0 Å². The Kier molecular flexibility index (Phi) is 4.62. The number of anilines is 2. The Balaban J connectivity index is 2.75. The van der Waals surface area contributed by atoms with Gasteiger partial charge in [0, 0.05) is 13.1 Å². The highest BCUT2D eigenvalue weighted by atomic mass is 16.6. The summed E-state index contributed by atoms with van der Waals surface area (Å²) in [6.07, 6.45) is 0. The van der Waals surface area contributed by atoms with Gasteiger partial charge in [-0.1, -0.05) is 0 Å². The molecule has 1 atom stereocenters. The minimum Gasteiger partial charge on any atom is -0.387 e. The Hall–Kier alpha value is -1.93. The zero-order chi connectivity index (χ0) is 14.6. The highest BCUT2D eigenvalue weighted by Gasteiger charge is 2.21. The number of aromatic nitrogens is 1. The van der Waals surface area contributed by atoms with Gasteiger partial charge >= 0.3 is 0 Å². The summed E-state index contributed by atoms with van der Waals surface area (Å²) < 4.78 is 0. The first-order valence-electron chi connectivity index (χ1n) is 5.72. The lowest BCUT2D eigenvalue weighted by molar-refractivity contribution is -0.384. The molecule has 1 aromatic heterocycles. The smallest absolute Gasteiger partial charge is 0.276 e. The molecule has 1 unspecified atom stereocenters. The molecule has 8 nitrogen and oxygen atoms in total. The van der Waals surface area contributed by atoms with Crippen molar-refractivity contribution in [3.05, 3.63) is 22.2 Å². The Morgan fingerprint density at radius 3 is 2.74 bits per heavy atom. The molecule has 1 rings (SSSR count). The number of nitrogens with zero attached hydrogens (tertiary/aromatic N) is 3. The minimum atomic E-state index is -0.982. The molecule has 1 heterocycles. The number of hydrogen-bond donors (Lipinski definition) is 3. The van der Waals surface area contributed by atoms with Crippen LogP contribution in [0.1, 0.15) is 6.92 Å². The number of likely N-dealkylation sites (N-methyl/N-ethyl adjacent to an activating group) is 1. The quantitative estimate of drug-likeness (QED) is 0.502. The summed E-state index contributed by atoms with van der Waals surface area (Å²) in [4.78, 5) is 15.9. The molecule has 0 spiro atoms. The molecule has 1 aromatic rings. The van der Waals surface area contributed by atoms with Gasteiger partial charge in [0.05, 0.1) is 22.7 Å². The van der Waals surface area contributed by atoms with Gasteiger partial charge in [-0.05, 0) is 21.0 Å². The number of hydrogen-bond acceptors (Lipinski definition) is 7. The molecule has 8 heteroatoms. The van der Waals surface area contributed by atoms with Crippen LogP contribution >= 0.6 is 0 Å². The van der Waals surface area contributed by atoms with Crippen LogP contribution in [0.4, 0.5) is 17.3 Å². The average molecular weight is 269 g/mol. The molecule has 0 saturated carbocycles. The second-order valence-corrected chi connectivity index (χ2v) is 4.98. The van der Waals surface area contributed by atoms with Crippen LogP contribution in [0.5, 0.6) is 0 Å². The lowest BCUT2D eigenvalue weighted by Gasteiger charge is -2.27. The second-order valence-electron chi connectivity index (χ2n) is 4.98. The van der Waals surface area contributed by atoms with Gasteiger partial charge in [0.1, 0.15) is 11.6 Å². The Labute approximate surface area is 111 Å². The fourth-order valence-corrected chi connectivity index (χ4v) is 1.75. The van der Waals surface area contributed by atoms with E-state index in [2.05, 4.69) is 10.3 Å². The van der Waals surface area contributed by atoms with Crippen molar-refractivity contribution in [2.24, 2.45) is 0 Å². The molecule has 0 saturated heterocycles. The fourth-order valence-electron chi connectivity index (χ4n) is 1.75. The molecule has 0 radical (unpaired) electrons. The van der Waals surface area contributed by atoms with Crippen LogP contribution in [-0.4, -0.2) is 52.7 Å². The normalized spacial score (nSPS) is 14.2. The molecular formula is C11H19N5O3. The molecule has 19 heavy (non-hydrogen) atoms. The molecule has 0 aliphatic rings. The number of pyridine rings is 1. The van der Waals surface area contributed by atoms with Crippen LogP contribution < -0.4 is 11.1 Å². The number of nitrogen functional groups attached to an aromatic ring is 1. The van der Waals surface area contributed by atoms with Crippen molar-refractivity contribution in [3.63, 3.8) is 0 Å². The summed E-state index contributed by atoms with van der Waals surface area (Å²) in [6, 6.07) is 2.46. The fraction of sp³-hybridized carbons (Fsp3) is 0.545. The number of rotatable bonds is 6. The standard InChI is InChI=1S/C11H19N5O3/c1-11(17,7-15(2)3)6-13-10-5-8(16(18)19)4-9(12)14-10/h4-5,17H,6-7H2,1-3H3,(H3,12,13,14). The third-order valence-corrected chi connectivity index (χ3v) is 2.35. The van der Waals surface area contributed by atoms with Crippen molar-refractivity contribution in [1.29, 1.82) is 0 Å². The van der Waals surface area contributed by atoms with Crippen molar-refractivity contribution in [2.75, 3.05) is 38.2 Å². The molecule has 0 bridgehead atoms. The Morgan fingerprint density at radius 1 is 1.58 bits per heavy atom. The molecule has 0 aliphatic carbocycles. The van der Waals surface area contributed by atoms with Crippen molar-refractivity contribution in [2.45, 2.75) is 12.5 Å². The van der Waals surface area contributed by atoms with E-state index >= 15 is 0 Å². The van der Waals surface area contributed by atoms with Crippen LogP contribution in [0.25, 0.3) is 0 Å². The van der Waals surface area contributed by atoms with E-state index in [4.69, 9.17) is 5.73 Å². The first-order chi connectivity index (χ1) is 8.69. The molecule has 106 valence electrons. The Morgan fingerprint density at radius 2 is 2.21 bits per heavy atom. The van der Waals surface area contributed by atoms with Gasteiger partial charge in [-0.25, -0.2) is 4.98 Å². The van der Waals surface area contributed by atoms with E-state index in [1.54, 1.807) is 6.92 Å². The second kappa shape index (κ2) is 5.81. The summed E-state index contributed by atoms with van der Waals surface area (Å²) >= 11 is 0. The number of nitro groups is 1. The lowest BCUT2D eigenvalue weighted by Crippen LogP contribution is -2.43. The minimum absolute atomic E-state index is 0.0592. The van der Waals surface area contributed by atoms with Gasteiger partial charge in [0.25, 0.3) is 5.69 Å². The van der Waals surface area contributed by atoms with Gasteiger partial charge in [0.15, 0.2) is 0 Å². The van der Waals surface area contributed by atoms with E-state index in [1.807, 2.05) is 19.0 Å². The van der Waals surface area contributed by atoms with E-state index in [0.717, 1.165) is 0 Å². The van der Waals surface area contributed by atoms with Crippen LogP contribution in [0, 0.1) is 10.1 Å². The van der Waals surface area contributed by atoms with Crippen LogP contribution in [0.15, 0.2) is 12.1 Å². The van der Waals surface area contributed by atoms with Crippen molar-refractivity contribution in [3.8, 4) is 0 Å². The first kappa shape index (κ1) is 15.1. The van der Waals surface area contributed by atoms with Gasteiger partial charge in [0.2, 0.25) is 0 Å². The number of aliphatic hydroxyl groups is 1. The third-order valence-electron chi connectivity index (χ3n) is 2.35. The topological polar surface area (TPSA) is 118 Å². The SMILES string of the molecule is CN(C)CC(C)(O)CNc1cc([N+](=O)[O-])cc(N)n1. The highest BCUT2D eigenvalue weighted by Crippen LogP contribution is 2.19. The lowest BCUT2D eigenvalue weighted by atomic mass is 10.1. The molecule has 0 amide bonds. The van der Waals surface area contributed by atoms with E-state index in [0.29, 0.717) is 6.54 Å². The Bertz CT molecular complexity index is 462. The maximum atomic E-state index is 10.7. The summed E-state index contributed by atoms with van der Waals surface area (Å²) in [5.74, 6) is 0.328. The summed E-state index contributed by atoms with van der Waals surface area (Å²) in [6.45, 7) is 2.32. The largest absolute Gasteiger partial charge is 0.387 e. The summed E-state index contributed by atoms with van der Waals surface area (Å²) in [7, 11) is 3.69. The maximum Gasteiger partial charge on any atom is 0.276 e.